The predicted molar refractivity (Wildman–Crippen MR) is 128 cm³/mol. The minimum atomic E-state index is -4.69. The molecule has 1 N–H and O–H groups in total. The summed E-state index contributed by atoms with van der Waals surface area (Å²) in [5, 5.41) is 2.71. The molecule has 7 nitrogen and oxygen atoms in total. The number of nitrogens with zero attached hydrogens (tertiary/aromatic N) is 2. The van der Waals surface area contributed by atoms with Crippen molar-refractivity contribution in [3.63, 3.8) is 0 Å². The van der Waals surface area contributed by atoms with Gasteiger partial charge in [0.15, 0.2) is 0 Å². The van der Waals surface area contributed by atoms with E-state index < -0.39 is 46.2 Å². The first-order valence-electron chi connectivity index (χ1n) is 11.0. The van der Waals surface area contributed by atoms with Gasteiger partial charge in [-0.25, -0.2) is 8.42 Å². The van der Waals surface area contributed by atoms with Crippen LogP contribution in [-0.2, 0) is 32.3 Å². The summed E-state index contributed by atoms with van der Waals surface area (Å²) in [5.41, 5.74) is 0.367. The lowest BCUT2D eigenvalue weighted by Gasteiger charge is -2.31. The number of alkyl halides is 3. The van der Waals surface area contributed by atoms with Crippen molar-refractivity contribution in [3.8, 4) is 0 Å². The number of halogens is 3. The van der Waals surface area contributed by atoms with Crippen LogP contribution in [0.15, 0.2) is 48.5 Å². The second-order valence-corrected chi connectivity index (χ2v) is 10.2. The summed E-state index contributed by atoms with van der Waals surface area (Å²) < 4.78 is 65.2. The molecule has 35 heavy (non-hydrogen) atoms. The van der Waals surface area contributed by atoms with Crippen LogP contribution in [0.1, 0.15) is 37.0 Å². The van der Waals surface area contributed by atoms with Crippen molar-refractivity contribution in [2.24, 2.45) is 0 Å². The van der Waals surface area contributed by atoms with Crippen LogP contribution < -0.4 is 9.62 Å². The Bertz CT molecular complexity index is 1140. The first-order chi connectivity index (χ1) is 16.2. The first kappa shape index (κ1) is 28.2. The van der Waals surface area contributed by atoms with E-state index in [4.69, 9.17) is 0 Å². The Kier molecular flexibility index (Phi) is 9.31. The standard InChI is InChI=1S/C24H30F3N3O4S/c1-5-13-28-23(32)18(3)29(15-19-11-9-17(2)10-12-19)22(31)16-30(35(4,33)34)21-8-6-7-20(14-21)24(25,26)27/h6-12,14,18H,5,13,15-16H2,1-4H3,(H,28,32)/t18-/m0/s1. The van der Waals surface area contributed by atoms with Gasteiger partial charge in [-0.15, -0.1) is 0 Å². The second kappa shape index (κ2) is 11.6. The molecule has 192 valence electrons. The lowest BCUT2D eigenvalue weighted by Crippen LogP contribution is -2.51. The van der Waals surface area contributed by atoms with E-state index in [0.717, 1.165) is 24.0 Å². The SMILES string of the molecule is CCCNC(=O)[C@H](C)N(Cc1ccc(C)cc1)C(=O)CN(c1cccc(C(F)(F)F)c1)S(C)(=O)=O. The highest BCUT2D eigenvalue weighted by Crippen LogP contribution is 2.32. The average Bonchev–Trinajstić information content (AvgIpc) is 2.78. The Labute approximate surface area is 204 Å². The lowest BCUT2D eigenvalue weighted by atomic mass is 10.1. The molecule has 2 aromatic carbocycles. The fraction of sp³-hybridized carbons (Fsp3) is 0.417. The van der Waals surface area contributed by atoms with Crippen LogP contribution in [0.5, 0.6) is 0 Å². The molecule has 0 saturated heterocycles. The Morgan fingerprint density at radius 2 is 1.71 bits per heavy atom. The van der Waals surface area contributed by atoms with E-state index in [9.17, 15) is 31.2 Å². The molecule has 2 aromatic rings. The highest BCUT2D eigenvalue weighted by Gasteiger charge is 2.33. The van der Waals surface area contributed by atoms with E-state index in [1.807, 2.05) is 26.0 Å². The van der Waals surface area contributed by atoms with E-state index >= 15 is 0 Å². The number of aryl methyl sites for hydroxylation is 1. The number of amides is 2. The highest BCUT2D eigenvalue weighted by atomic mass is 32.2. The number of carbonyl (C=O) groups is 2. The second-order valence-electron chi connectivity index (χ2n) is 8.29. The molecule has 0 aliphatic rings. The zero-order valence-electron chi connectivity index (χ0n) is 20.1. The van der Waals surface area contributed by atoms with Gasteiger partial charge in [0.1, 0.15) is 12.6 Å². The zero-order valence-corrected chi connectivity index (χ0v) is 20.9. The molecule has 0 aromatic heterocycles. The van der Waals surface area contributed by atoms with Gasteiger partial charge in [0.25, 0.3) is 0 Å². The molecule has 11 heteroatoms. The quantitative estimate of drug-likeness (QED) is 0.525. The van der Waals surface area contributed by atoms with Crippen molar-refractivity contribution in [1.82, 2.24) is 10.2 Å². The van der Waals surface area contributed by atoms with Crippen LogP contribution >= 0.6 is 0 Å². The molecule has 0 heterocycles. The number of carbonyl (C=O) groups excluding carboxylic acids is 2. The maximum absolute atomic E-state index is 13.4. The van der Waals surface area contributed by atoms with Gasteiger partial charge >= 0.3 is 6.18 Å². The molecular formula is C24H30F3N3O4S. The van der Waals surface area contributed by atoms with Crippen LogP contribution in [0.4, 0.5) is 18.9 Å². The Balaban J connectivity index is 2.41. The van der Waals surface area contributed by atoms with E-state index in [1.165, 1.54) is 17.9 Å². The molecule has 0 bridgehead atoms. The third kappa shape index (κ3) is 7.98. The van der Waals surface area contributed by atoms with Crippen LogP contribution in [0.2, 0.25) is 0 Å². The summed E-state index contributed by atoms with van der Waals surface area (Å²) in [7, 11) is -4.13. The minimum absolute atomic E-state index is 0.0139. The normalized spacial score (nSPS) is 12.7. The fourth-order valence-electron chi connectivity index (χ4n) is 3.32. The van der Waals surface area contributed by atoms with E-state index in [0.29, 0.717) is 28.9 Å². The number of benzene rings is 2. The van der Waals surface area contributed by atoms with Gasteiger partial charge in [0.2, 0.25) is 21.8 Å². The zero-order chi connectivity index (χ0) is 26.4. The number of hydrogen-bond donors (Lipinski definition) is 1. The molecule has 0 fully saturated rings. The van der Waals surface area contributed by atoms with Gasteiger partial charge in [-0.2, -0.15) is 13.2 Å². The van der Waals surface area contributed by atoms with Crippen molar-refractivity contribution < 1.29 is 31.2 Å². The van der Waals surface area contributed by atoms with Gasteiger partial charge in [-0.1, -0.05) is 42.8 Å². The van der Waals surface area contributed by atoms with Crippen molar-refractivity contribution in [2.45, 2.75) is 46.0 Å². The average molecular weight is 514 g/mol. The number of hydrogen-bond acceptors (Lipinski definition) is 4. The topological polar surface area (TPSA) is 86.8 Å². The molecule has 0 aliphatic carbocycles. The van der Waals surface area contributed by atoms with Gasteiger partial charge < -0.3 is 10.2 Å². The van der Waals surface area contributed by atoms with E-state index in [-0.39, 0.29) is 12.2 Å². The Morgan fingerprint density at radius 1 is 1.09 bits per heavy atom. The minimum Gasteiger partial charge on any atom is -0.354 e. The number of anilines is 1. The van der Waals surface area contributed by atoms with Gasteiger partial charge in [-0.3, -0.25) is 13.9 Å². The van der Waals surface area contributed by atoms with Gasteiger partial charge in [0.05, 0.1) is 17.5 Å². The smallest absolute Gasteiger partial charge is 0.354 e. The molecule has 1 atom stereocenters. The molecule has 0 unspecified atom stereocenters. The Hall–Kier alpha value is -3.08. The van der Waals surface area contributed by atoms with Crippen LogP contribution in [-0.4, -0.2) is 50.5 Å². The summed E-state index contributed by atoms with van der Waals surface area (Å²) in [5.74, 6) is -1.15. The van der Waals surface area contributed by atoms with Gasteiger partial charge in [0, 0.05) is 13.1 Å². The summed E-state index contributed by atoms with van der Waals surface area (Å²) in [6, 6.07) is 10.1. The highest BCUT2D eigenvalue weighted by molar-refractivity contribution is 7.92. The van der Waals surface area contributed by atoms with Crippen molar-refractivity contribution in [2.75, 3.05) is 23.7 Å². The fourth-order valence-corrected chi connectivity index (χ4v) is 4.16. The van der Waals surface area contributed by atoms with Crippen LogP contribution in [0.3, 0.4) is 0 Å². The van der Waals surface area contributed by atoms with Crippen LogP contribution in [0.25, 0.3) is 0 Å². The van der Waals surface area contributed by atoms with Crippen molar-refractivity contribution >= 4 is 27.5 Å². The predicted octanol–water partition coefficient (Wildman–Crippen LogP) is 3.72. The molecule has 0 saturated carbocycles. The molecular weight excluding hydrogens is 483 g/mol. The first-order valence-corrected chi connectivity index (χ1v) is 12.9. The summed E-state index contributed by atoms with van der Waals surface area (Å²) in [6.07, 6.45) is -3.20. The summed E-state index contributed by atoms with van der Waals surface area (Å²) in [4.78, 5) is 27.2. The monoisotopic (exact) mass is 513 g/mol. The molecule has 2 amide bonds. The maximum Gasteiger partial charge on any atom is 0.416 e. The van der Waals surface area contributed by atoms with Gasteiger partial charge in [-0.05, 0) is 44.0 Å². The third-order valence-corrected chi connectivity index (χ3v) is 6.47. The lowest BCUT2D eigenvalue weighted by molar-refractivity contribution is -0.139. The number of rotatable bonds is 10. The molecule has 0 radical (unpaired) electrons. The van der Waals surface area contributed by atoms with E-state index in [1.54, 1.807) is 12.1 Å². The number of nitrogens with one attached hydrogen (secondary N) is 1. The van der Waals surface area contributed by atoms with Crippen molar-refractivity contribution in [1.29, 1.82) is 0 Å². The Morgan fingerprint density at radius 3 is 2.26 bits per heavy atom. The third-order valence-electron chi connectivity index (χ3n) is 5.33. The summed E-state index contributed by atoms with van der Waals surface area (Å²) >= 11 is 0. The molecule has 0 aliphatic heterocycles. The molecule has 0 spiro atoms. The van der Waals surface area contributed by atoms with Crippen LogP contribution in [0, 0.1) is 6.92 Å². The largest absolute Gasteiger partial charge is 0.416 e. The summed E-state index contributed by atoms with van der Waals surface area (Å²) in [6.45, 7) is 4.94. The van der Waals surface area contributed by atoms with Crippen molar-refractivity contribution in [3.05, 3.63) is 65.2 Å². The molecule has 2 rings (SSSR count). The van der Waals surface area contributed by atoms with E-state index in [2.05, 4.69) is 5.32 Å². The number of sulfonamides is 1. The maximum atomic E-state index is 13.4.